The molecule has 0 saturated heterocycles. The van der Waals surface area contributed by atoms with Gasteiger partial charge >= 0.3 is 0 Å². The van der Waals surface area contributed by atoms with Gasteiger partial charge < -0.3 is 10.1 Å². The standard InChI is InChI=1S/C13H21NOS/c1-3-7-15-9-11(14-2)13-8-10-5-4-6-12(10)16-13/h8,11,14H,3-7,9H2,1-2H3. The summed E-state index contributed by atoms with van der Waals surface area (Å²) in [4.78, 5) is 3.05. The first-order valence-corrected chi connectivity index (χ1v) is 7.03. The lowest BCUT2D eigenvalue weighted by atomic mass is 10.2. The molecule has 1 atom stereocenters. The zero-order valence-corrected chi connectivity index (χ0v) is 11.0. The summed E-state index contributed by atoms with van der Waals surface area (Å²) in [6.45, 7) is 3.81. The molecule has 16 heavy (non-hydrogen) atoms. The summed E-state index contributed by atoms with van der Waals surface area (Å²) in [5, 5.41) is 3.35. The van der Waals surface area contributed by atoms with Gasteiger partial charge in [-0.05, 0) is 44.4 Å². The van der Waals surface area contributed by atoms with E-state index in [1.54, 1.807) is 10.4 Å². The number of rotatable bonds is 6. The zero-order chi connectivity index (χ0) is 11.4. The highest BCUT2D eigenvalue weighted by Gasteiger charge is 2.19. The summed E-state index contributed by atoms with van der Waals surface area (Å²) in [6, 6.07) is 2.76. The number of nitrogens with one attached hydrogen (secondary N) is 1. The van der Waals surface area contributed by atoms with E-state index >= 15 is 0 Å². The summed E-state index contributed by atoms with van der Waals surface area (Å²) < 4.78 is 5.64. The van der Waals surface area contributed by atoms with Crippen LogP contribution in [0.4, 0.5) is 0 Å². The van der Waals surface area contributed by atoms with E-state index < -0.39 is 0 Å². The second-order valence-electron chi connectivity index (χ2n) is 4.37. The number of thiophene rings is 1. The molecule has 1 aliphatic rings. The molecule has 2 nitrogen and oxygen atoms in total. The van der Waals surface area contributed by atoms with Gasteiger partial charge in [-0.25, -0.2) is 0 Å². The van der Waals surface area contributed by atoms with Crippen LogP contribution in [0.3, 0.4) is 0 Å². The molecule has 1 unspecified atom stereocenters. The van der Waals surface area contributed by atoms with Crippen molar-refractivity contribution in [3.8, 4) is 0 Å². The molecule has 0 spiro atoms. The number of hydrogen-bond acceptors (Lipinski definition) is 3. The lowest BCUT2D eigenvalue weighted by molar-refractivity contribution is 0.115. The van der Waals surface area contributed by atoms with Gasteiger partial charge in [0.15, 0.2) is 0 Å². The van der Waals surface area contributed by atoms with Gasteiger partial charge in [-0.2, -0.15) is 0 Å². The van der Waals surface area contributed by atoms with Crippen molar-refractivity contribution in [2.75, 3.05) is 20.3 Å². The maximum Gasteiger partial charge on any atom is 0.0669 e. The monoisotopic (exact) mass is 239 g/mol. The fraction of sp³-hybridized carbons (Fsp3) is 0.692. The minimum atomic E-state index is 0.377. The van der Waals surface area contributed by atoms with Crippen LogP contribution >= 0.6 is 11.3 Å². The normalized spacial score (nSPS) is 16.4. The maximum absolute atomic E-state index is 5.64. The lowest BCUT2D eigenvalue weighted by Crippen LogP contribution is -2.21. The van der Waals surface area contributed by atoms with Crippen molar-refractivity contribution in [1.29, 1.82) is 0 Å². The van der Waals surface area contributed by atoms with Crippen LogP contribution in [0.5, 0.6) is 0 Å². The second kappa shape index (κ2) is 5.80. The summed E-state index contributed by atoms with van der Waals surface area (Å²) in [7, 11) is 2.02. The molecule has 90 valence electrons. The number of aryl methyl sites for hydroxylation is 2. The van der Waals surface area contributed by atoms with Gasteiger partial charge in [0.25, 0.3) is 0 Å². The van der Waals surface area contributed by atoms with E-state index in [4.69, 9.17) is 4.74 Å². The molecule has 0 fully saturated rings. The number of fused-ring (bicyclic) bond motifs is 1. The predicted molar refractivity (Wildman–Crippen MR) is 69.3 cm³/mol. The first kappa shape index (κ1) is 12.1. The van der Waals surface area contributed by atoms with Gasteiger partial charge in [0.2, 0.25) is 0 Å². The molecule has 0 aliphatic heterocycles. The second-order valence-corrected chi connectivity index (χ2v) is 5.54. The summed E-state index contributed by atoms with van der Waals surface area (Å²) >= 11 is 1.97. The highest BCUT2D eigenvalue weighted by atomic mass is 32.1. The van der Waals surface area contributed by atoms with Crippen molar-refractivity contribution in [1.82, 2.24) is 5.32 Å². The van der Waals surface area contributed by atoms with Crippen molar-refractivity contribution in [3.63, 3.8) is 0 Å². The van der Waals surface area contributed by atoms with Gasteiger partial charge in [-0.15, -0.1) is 11.3 Å². The highest BCUT2D eigenvalue weighted by Crippen LogP contribution is 2.33. The highest BCUT2D eigenvalue weighted by molar-refractivity contribution is 7.12. The fourth-order valence-corrected chi connectivity index (χ4v) is 3.53. The molecule has 2 rings (SSSR count). The fourth-order valence-electron chi connectivity index (χ4n) is 2.18. The zero-order valence-electron chi connectivity index (χ0n) is 10.2. The minimum Gasteiger partial charge on any atom is -0.379 e. The van der Waals surface area contributed by atoms with E-state index in [2.05, 4.69) is 18.3 Å². The lowest BCUT2D eigenvalue weighted by Gasteiger charge is -2.14. The smallest absolute Gasteiger partial charge is 0.0669 e. The van der Waals surface area contributed by atoms with Gasteiger partial charge in [-0.3, -0.25) is 0 Å². The molecular weight excluding hydrogens is 218 g/mol. The minimum absolute atomic E-state index is 0.377. The first-order chi connectivity index (χ1) is 7.85. The average Bonchev–Trinajstić information content (AvgIpc) is 2.84. The third-order valence-corrected chi connectivity index (χ3v) is 4.44. The molecule has 1 aromatic rings. The Labute approximate surface area is 102 Å². The maximum atomic E-state index is 5.64. The summed E-state index contributed by atoms with van der Waals surface area (Å²) in [6.07, 6.45) is 5.00. The van der Waals surface area contributed by atoms with Crippen LogP contribution in [0, 0.1) is 0 Å². The Morgan fingerprint density at radius 2 is 2.38 bits per heavy atom. The van der Waals surface area contributed by atoms with E-state index in [9.17, 15) is 0 Å². The number of likely N-dealkylation sites (N-methyl/N-ethyl adjacent to an activating group) is 1. The molecule has 1 heterocycles. The van der Waals surface area contributed by atoms with Crippen molar-refractivity contribution < 1.29 is 4.74 Å². The topological polar surface area (TPSA) is 21.3 Å². The molecule has 0 aromatic carbocycles. The first-order valence-electron chi connectivity index (χ1n) is 6.21. The molecular formula is C13H21NOS. The van der Waals surface area contributed by atoms with E-state index in [1.807, 2.05) is 18.4 Å². The Balaban J connectivity index is 1.97. The van der Waals surface area contributed by atoms with Gasteiger partial charge in [-0.1, -0.05) is 6.92 Å². The van der Waals surface area contributed by atoms with Crippen molar-refractivity contribution in [3.05, 3.63) is 21.4 Å². The molecule has 1 N–H and O–H groups in total. The average molecular weight is 239 g/mol. The molecule has 1 aliphatic carbocycles. The van der Waals surface area contributed by atoms with Crippen LogP contribution in [0.2, 0.25) is 0 Å². The third-order valence-electron chi connectivity index (χ3n) is 3.09. The van der Waals surface area contributed by atoms with E-state index in [0.717, 1.165) is 19.6 Å². The van der Waals surface area contributed by atoms with Crippen molar-refractivity contribution in [2.24, 2.45) is 0 Å². The molecule has 0 radical (unpaired) electrons. The van der Waals surface area contributed by atoms with Crippen LogP contribution in [-0.2, 0) is 17.6 Å². The van der Waals surface area contributed by atoms with Crippen LogP contribution in [-0.4, -0.2) is 20.3 Å². The number of ether oxygens (including phenoxy) is 1. The molecule has 0 bridgehead atoms. The predicted octanol–water partition coefficient (Wildman–Crippen LogP) is 2.92. The van der Waals surface area contributed by atoms with E-state index in [1.165, 1.54) is 24.1 Å². The van der Waals surface area contributed by atoms with Gasteiger partial charge in [0.05, 0.1) is 12.6 Å². The Morgan fingerprint density at radius 1 is 1.50 bits per heavy atom. The largest absolute Gasteiger partial charge is 0.379 e. The van der Waals surface area contributed by atoms with Crippen molar-refractivity contribution in [2.45, 2.75) is 38.6 Å². The van der Waals surface area contributed by atoms with Crippen LogP contribution in [0.1, 0.15) is 41.1 Å². The van der Waals surface area contributed by atoms with E-state index in [-0.39, 0.29) is 0 Å². The van der Waals surface area contributed by atoms with E-state index in [0.29, 0.717) is 6.04 Å². The quantitative estimate of drug-likeness (QED) is 0.771. The Kier molecular flexibility index (Phi) is 4.38. The Hall–Kier alpha value is -0.380. The Morgan fingerprint density at radius 3 is 3.06 bits per heavy atom. The Bertz CT molecular complexity index is 313. The van der Waals surface area contributed by atoms with Gasteiger partial charge in [0.1, 0.15) is 0 Å². The SMILES string of the molecule is CCCOCC(NC)c1cc2c(s1)CCC2. The number of hydrogen-bond donors (Lipinski definition) is 1. The molecule has 3 heteroatoms. The van der Waals surface area contributed by atoms with Crippen LogP contribution in [0.25, 0.3) is 0 Å². The molecule has 0 amide bonds. The summed E-state index contributed by atoms with van der Waals surface area (Å²) in [5.41, 5.74) is 1.58. The summed E-state index contributed by atoms with van der Waals surface area (Å²) in [5.74, 6) is 0. The molecule has 0 saturated carbocycles. The van der Waals surface area contributed by atoms with Crippen LogP contribution in [0.15, 0.2) is 6.07 Å². The molecule has 1 aromatic heterocycles. The van der Waals surface area contributed by atoms with Crippen LogP contribution < -0.4 is 5.32 Å². The van der Waals surface area contributed by atoms with Gasteiger partial charge in [0, 0.05) is 16.4 Å². The van der Waals surface area contributed by atoms with Crippen molar-refractivity contribution >= 4 is 11.3 Å². The third kappa shape index (κ3) is 2.65.